The summed E-state index contributed by atoms with van der Waals surface area (Å²) >= 11 is 0. The van der Waals surface area contributed by atoms with Gasteiger partial charge in [0.1, 0.15) is 11.8 Å². The summed E-state index contributed by atoms with van der Waals surface area (Å²) in [6.45, 7) is 2.70. The second-order valence-electron chi connectivity index (χ2n) is 2.75. The average molecular weight is 171 g/mol. The molecule has 0 aromatic rings. The maximum Gasteiger partial charge on any atom is 0.323 e. The molecule has 0 aromatic heterocycles. The molecule has 12 heavy (non-hydrogen) atoms. The molecule has 1 atom stereocenters. The van der Waals surface area contributed by atoms with Gasteiger partial charge in [-0.1, -0.05) is 0 Å². The molecule has 0 amide bonds. The Balaban J connectivity index is 2.40. The molecule has 4 nitrogen and oxygen atoms in total. The van der Waals surface area contributed by atoms with Crippen LogP contribution < -0.4 is 5.32 Å². The predicted octanol–water partition coefficient (Wildman–Crippen LogP) is -0.129. The van der Waals surface area contributed by atoms with Crippen molar-refractivity contribution in [3.63, 3.8) is 0 Å². The van der Waals surface area contributed by atoms with E-state index < -0.39 is 6.04 Å². The summed E-state index contributed by atoms with van der Waals surface area (Å²) in [5.41, 5.74) is 0. The van der Waals surface area contributed by atoms with E-state index in [-0.39, 0.29) is 18.2 Å². The van der Waals surface area contributed by atoms with Crippen molar-refractivity contribution in [2.45, 2.75) is 25.8 Å². The molecule has 0 aliphatic carbocycles. The van der Waals surface area contributed by atoms with E-state index in [9.17, 15) is 9.59 Å². The average Bonchev–Trinajstić information content (AvgIpc) is 2.05. The van der Waals surface area contributed by atoms with Crippen molar-refractivity contribution in [2.24, 2.45) is 0 Å². The van der Waals surface area contributed by atoms with E-state index in [0.29, 0.717) is 19.6 Å². The third-order valence-corrected chi connectivity index (χ3v) is 1.80. The van der Waals surface area contributed by atoms with Crippen LogP contribution in [0.15, 0.2) is 0 Å². The smallest absolute Gasteiger partial charge is 0.323 e. The molecule has 1 fully saturated rings. The van der Waals surface area contributed by atoms with Crippen LogP contribution in [0, 0.1) is 0 Å². The molecule has 1 saturated heterocycles. The van der Waals surface area contributed by atoms with Crippen LogP contribution in [0.2, 0.25) is 0 Å². The molecule has 0 saturated carbocycles. The maximum absolute atomic E-state index is 11.1. The third kappa shape index (κ3) is 2.30. The summed E-state index contributed by atoms with van der Waals surface area (Å²) in [5.74, 6) is -0.183. The van der Waals surface area contributed by atoms with Gasteiger partial charge in [-0.3, -0.25) is 9.59 Å². The van der Waals surface area contributed by atoms with E-state index in [4.69, 9.17) is 4.74 Å². The van der Waals surface area contributed by atoms with Crippen molar-refractivity contribution < 1.29 is 14.3 Å². The molecule has 0 aromatic carbocycles. The van der Waals surface area contributed by atoms with Crippen molar-refractivity contribution in [1.82, 2.24) is 5.32 Å². The summed E-state index contributed by atoms with van der Waals surface area (Å²) in [7, 11) is 0. The number of carbonyl (C=O) groups is 2. The zero-order valence-corrected chi connectivity index (χ0v) is 7.13. The van der Waals surface area contributed by atoms with Crippen LogP contribution in [-0.2, 0) is 14.3 Å². The Bertz CT molecular complexity index is 191. The van der Waals surface area contributed by atoms with Gasteiger partial charge in [0.2, 0.25) is 0 Å². The van der Waals surface area contributed by atoms with Crippen molar-refractivity contribution in [2.75, 3.05) is 13.2 Å². The summed E-state index contributed by atoms with van der Waals surface area (Å²) in [6, 6.07) is -0.411. The summed E-state index contributed by atoms with van der Waals surface area (Å²) in [6.07, 6.45) is 0.800. The quantitative estimate of drug-likeness (QED) is 0.588. The van der Waals surface area contributed by atoms with Crippen LogP contribution in [0.4, 0.5) is 0 Å². The molecule has 0 spiro atoms. The highest BCUT2D eigenvalue weighted by molar-refractivity contribution is 5.87. The van der Waals surface area contributed by atoms with Gasteiger partial charge in [-0.2, -0.15) is 0 Å². The van der Waals surface area contributed by atoms with Gasteiger partial charge in [0.25, 0.3) is 0 Å². The maximum atomic E-state index is 11.1. The second-order valence-corrected chi connectivity index (χ2v) is 2.75. The zero-order valence-electron chi connectivity index (χ0n) is 7.13. The van der Waals surface area contributed by atoms with Gasteiger partial charge < -0.3 is 10.1 Å². The number of Topliss-reactive ketones (excluding diaryl/α,β-unsaturated/α-hetero) is 1. The third-order valence-electron chi connectivity index (χ3n) is 1.80. The van der Waals surface area contributed by atoms with E-state index in [1.54, 1.807) is 6.92 Å². The Kier molecular flexibility index (Phi) is 3.22. The molecular formula is C8H13NO3. The highest BCUT2D eigenvalue weighted by atomic mass is 16.5. The number of ether oxygens (including phenoxy) is 1. The SMILES string of the molecule is CCOC(=O)[C@@H]1CC(=O)CCN1. The number of esters is 1. The minimum absolute atomic E-state index is 0.131. The molecular weight excluding hydrogens is 158 g/mol. The topological polar surface area (TPSA) is 55.4 Å². The lowest BCUT2D eigenvalue weighted by Gasteiger charge is -2.20. The lowest BCUT2D eigenvalue weighted by molar-refractivity contribution is -0.147. The molecule has 0 radical (unpaired) electrons. The molecule has 0 bridgehead atoms. The number of nitrogens with one attached hydrogen (secondary N) is 1. The first-order valence-electron chi connectivity index (χ1n) is 4.15. The van der Waals surface area contributed by atoms with Gasteiger partial charge in [-0.05, 0) is 6.92 Å². The first-order valence-corrected chi connectivity index (χ1v) is 4.15. The highest BCUT2D eigenvalue weighted by Gasteiger charge is 2.25. The van der Waals surface area contributed by atoms with E-state index in [1.807, 2.05) is 0 Å². The Hall–Kier alpha value is -0.900. The van der Waals surface area contributed by atoms with Crippen molar-refractivity contribution in [3.05, 3.63) is 0 Å². The van der Waals surface area contributed by atoms with Crippen LogP contribution in [-0.4, -0.2) is 30.9 Å². The van der Waals surface area contributed by atoms with E-state index in [0.717, 1.165) is 0 Å². The minimum Gasteiger partial charge on any atom is -0.465 e. The monoisotopic (exact) mass is 171 g/mol. The molecule has 1 aliphatic rings. The molecule has 1 N–H and O–H groups in total. The molecule has 1 rings (SSSR count). The van der Waals surface area contributed by atoms with Crippen LogP contribution in [0.3, 0.4) is 0 Å². The summed E-state index contributed by atoms with van der Waals surface area (Å²) in [5, 5.41) is 2.94. The number of ketones is 1. The van der Waals surface area contributed by atoms with Crippen molar-refractivity contribution >= 4 is 11.8 Å². The van der Waals surface area contributed by atoms with Gasteiger partial charge in [0, 0.05) is 19.4 Å². The zero-order chi connectivity index (χ0) is 8.97. The normalized spacial score (nSPS) is 23.8. The van der Waals surface area contributed by atoms with Crippen molar-refractivity contribution in [1.29, 1.82) is 0 Å². The van der Waals surface area contributed by atoms with Crippen LogP contribution in [0.25, 0.3) is 0 Å². The second kappa shape index (κ2) is 4.21. The van der Waals surface area contributed by atoms with Gasteiger partial charge in [-0.25, -0.2) is 0 Å². The van der Waals surface area contributed by atoms with E-state index in [2.05, 4.69) is 5.32 Å². The molecule has 0 unspecified atom stereocenters. The van der Waals surface area contributed by atoms with Crippen LogP contribution >= 0.6 is 0 Å². The number of piperidine rings is 1. The fraction of sp³-hybridized carbons (Fsp3) is 0.750. The van der Waals surface area contributed by atoms with E-state index in [1.165, 1.54) is 0 Å². The number of hydrogen-bond donors (Lipinski definition) is 1. The summed E-state index contributed by atoms with van der Waals surface area (Å²) < 4.78 is 4.78. The van der Waals surface area contributed by atoms with Gasteiger partial charge >= 0.3 is 5.97 Å². The number of hydrogen-bond acceptors (Lipinski definition) is 4. The number of carbonyl (C=O) groups excluding carboxylic acids is 2. The predicted molar refractivity (Wildman–Crippen MR) is 42.7 cm³/mol. The fourth-order valence-corrected chi connectivity index (χ4v) is 1.20. The Morgan fingerprint density at radius 2 is 2.50 bits per heavy atom. The molecule has 1 heterocycles. The van der Waals surface area contributed by atoms with Crippen LogP contribution in [0.1, 0.15) is 19.8 Å². The lowest BCUT2D eigenvalue weighted by Crippen LogP contribution is -2.44. The Labute approximate surface area is 71.3 Å². The van der Waals surface area contributed by atoms with Crippen molar-refractivity contribution in [3.8, 4) is 0 Å². The number of rotatable bonds is 2. The minimum atomic E-state index is -0.411. The Morgan fingerprint density at radius 1 is 1.75 bits per heavy atom. The standard InChI is InChI=1S/C8H13NO3/c1-2-12-8(11)7-5-6(10)3-4-9-7/h7,9H,2-5H2,1H3/t7-/m0/s1. The van der Waals surface area contributed by atoms with Gasteiger partial charge in [-0.15, -0.1) is 0 Å². The highest BCUT2D eigenvalue weighted by Crippen LogP contribution is 2.04. The van der Waals surface area contributed by atoms with Gasteiger partial charge in [0.05, 0.1) is 6.61 Å². The molecule has 1 aliphatic heterocycles. The van der Waals surface area contributed by atoms with Crippen LogP contribution in [0.5, 0.6) is 0 Å². The lowest BCUT2D eigenvalue weighted by atomic mass is 10.0. The molecule has 68 valence electrons. The fourth-order valence-electron chi connectivity index (χ4n) is 1.20. The van der Waals surface area contributed by atoms with E-state index >= 15 is 0 Å². The summed E-state index contributed by atoms with van der Waals surface area (Å²) in [4.78, 5) is 22.0. The first-order chi connectivity index (χ1) is 5.74. The molecule has 4 heteroatoms. The largest absolute Gasteiger partial charge is 0.465 e. The Morgan fingerprint density at radius 3 is 3.08 bits per heavy atom. The first kappa shape index (κ1) is 9.19. The van der Waals surface area contributed by atoms with Gasteiger partial charge in [0.15, 0.2) is 0 Å².